The molecule has 4 rings (SSSR count). The normalized spacial score (nSPS) is 15.2. The molecule has 2 heterocycles. The SMILES string of the molecule is O=C(NC(c1ccccc1)c1nnc(N2CCCCC2)o1)c1ccccc1Br. The molecular formula is C21H21BrN4O2. The van der Waals surface area contributed by atoms with Gasteiger partial charge < -0.3 is 14.6 Å². The third kappa shape index (κ3) is 4.09. The Morgan fingerprint density at radius 2 is 1.71 bits per heavy atom. The summed E-state index contributed by atoms with van der Waals surface area (Å²) in [5.41, 5.74) is 1.44. The lowest BCUT2D eigenvalue weighted by Gasteiger charge is -2.24. The van der Waals surface area contributed by atoms with E-state index < -0.39 is 6.04 Å². The van der Waals surface area contributed by atoms with Crippen LogP contribution in [-0.2, 0) is 0 Å². The van der Waals surface area contributed by atoms with Gasteiger partial charge in [-0.2, -0.15) is 0 Å². The molecule has 28 heavy (non-hydrogen) atoms. The highest BCUT2D eigenvalue weighted by atomic mass is 79.9. The van der Waals surface area contributed by atoms with E-state index in [1.54, 1.807) is 6.07 Å². The second-order valence-corrected chi connectivity index (χ2v) is 7.62. The van der Waals surface area contributed by atoms with Crippen molar-refractivity contribution < 1.29 is 9.21 Å². The number of piperidine rings is 1. The minimum Gasteiger partial charge on any atom is -0.405 e. The Labute approximate surface area is 172 Å². The molecule has 6 nitrogen and oxygen atoms in total. The number of hydrogen-bond donors (Lipinski definition) is 1. The van der Waals surface area contributed by atoms with Crippen molar-refractivity contribution in [3.8, 4) is 0 Å². The van der Waals surface area contributed by atoms with Crippen LogP contribution in [0, 0.1) is 0 Å². The highest BCUT2D eigenvalue weighted by molar-refractivity contribution is 9.10. The summed E-state index contributed by atoms with van der Waals surface area (Å²) in [6.07, 6.45) is 3.48. The molecule has 1 aliphatic heterocycles. The van der Waals surface area contributed by atoms with Gasteiger partial charge in [0, 0.05) is 17.6 Å². The van der Waals surface area contributed by atoms with Gasteiger partial charge in [-0.25, -0.2) is 0 Å². The molecule has 1 aliphatic rings. The maximum absolute atomic E-state index is 12.9. The predicted molar refractivity (Wildman–Crippen MR) is 110 cm³/mol. The van der Waals surface area contributed by atoms with E-state index in [2.05, 4.69) is 36.3 Å². The van der Waals surface area contributed by atoms with Crippen LogP contribution in [0.3, 0.4) is 0 Å². The smallest absolute Gasteiger partial charge is 0.318 e. The van der Waals surface area contributed by atoms with Crippen LogP contribution in [-0.4, -0.2) is 29.2 Å². The van der Waals surface area contributed by atoms with E-state index in [9.17, 15) is 4.79 Å². The average Bonchev–Trinajstić information content (AvgIpc) is 3.23. The molecule has 0 radical (unpaired) electrons. The van der Waals surface area contributed by atoms with E-state index in [1.165, 1.54) is 6.42 Å². The monoisotopic (exact) mass is 440 g/mol. The Bertz CT molecular complexity index is 938. The second-order valence-electron chi connectivity index (χ2n) is 6.77. The Hall–Kier alpha value is -2.67. The van der Waals surface area contributed by atoms with Crippen molar-refractivity contribution in [3.63, 3.8) is 0 Å². The maximum Gasteiger partial charge on any atom is 0.318 e. The number of nitrogens with zero attached hydrogens (tertiary/aromatic N) is 3. The van der Waals surface area contributed by atoms with Crippen molar-refractivity contribution in [1.82, 2.24) is 15.5 Å². The molecule has 1 unspecified atom stereocenters. The van der Waals surface area contributed by atoms with Crippen LogP contribution in [0.4, 0.5) is 6.01 Å². The largest absolute Gasteiger partial charge is 0.405 e. The zero-order valence-corrected chi connectivity index (χ0v) is 16.9. The first kappa shape index (κ1) is 18.7. The molecular weight excluding hydrogens is 420 g/mol. The standard InChI is InChI=1S/C21H21BrN4O2/c22-17-12-6-5-11-16(17)19(27)23-18(15-9-3-1-4-10-15)20-24-25-21(28-20)26-13-7-2-8-14-26/h1,3-6,9-12,18H,2,7-8,13-14H2,(H,23,27). The zero-order valence-electron chi connectivity index (χ0n) is 15.3. The number of halogens is 1. The molecule has 3 aromatic rings. The number of carbonyl (C=O) groups excluding carboxylic acids is 1. The van der Waals surface area contributed by atoms with Crippen LogP contribution in [0.25, 0.3) is 0 Å². The van der Waals surface area contributed by atoms with E-state index in [-0.39, 0.29) is 5.91 Å². The highest BCUT2D eigenvalue weighted by Gasteiger charge is 2.26. The number of aromatic nitrogens is 2. The minimum atomic E-state index is -0.521. The molecule has 0 saturated carbocycles. The van der Waals surface area contributed by atoms with Crippen LogP contribution in [0.1, 0.15) is 47.1 Å². The topological polar surface area (TPSA) is 71.3 Å². The van der Waals surface area contributed by atoms with Crippen LogP contribution in [0.2, 0.25) is 0 Å². The lowest BCUT2D eigenvalue weighted by atomic mass is 10.1. The van der Waals surface area contributed by atoms with Gasteiger partial charge in [0.1, 0.15) is 6.04 Å². The lowest BCUT2D eigenvalue weighted by molar-refractivity contribution is 0.0937. The van der Waals surface area contributed by atoms with Gasteiger partial charge in [-0.15, -0.1) is 5.10 Å². The van der Waals surface area contributed by atoms with Gasteiger partial charge in [0.05, 0.1) is 5.56 Å². The molecule has 144 valence electrons. The number of amides is 1. The van der Waals surface area contributed by atoms with E-state index in [0.717, 1.165) is 36.0 Å². The summed E-state index contributed by atoms with van der Waals surface area (Å²) in [6, 6.07) is 17.0. The number of rotatable bonds is 5. The molecule has 1 fully saturated rings. The number of hydrogen-bond acceptors (Lipinski definition) is 5. The number of anilines is 1. The molecule has 2 aromatic carbocycles. The third-order valence-corrected chi connectivity index (χ3v) is 5.52. The van der Waals surface area contributed by atoms with Crippen molar-refractivity contribution in [2.75, 3.05) is 18.0 Å². The van der Waals surface area contributed by atoms with E-state index in [4.69, 9.17) is 4.42 Å². The minimum absolute atomic E-state index is 0.209. The Kier molecular flexibility index (Phi) is 5.71. The summed E-state index contributed by atoms with van der Waals surface area (Å²) in [7, 11) is 0. The summed E-state index contributed by atoms with van der Waals surface area (Å²) in [4.78, 5) is 15.0. The summed E-state index contributed by atoms with van der Waals surface area (Å²) in [5.74, 6) is 0.172. The van der Waals surface area contributed by atoms with Gasteiger partial charge >= 0.3 is 6.01 Å². The molecule has 0 aliphatic carbocycles. The number of carbonyl (C=O) groups is 1. The van der Waals surface area contributed by atoms with E-state index in [0.29, 0.717) is 17.5 Å². The van der Waals surface area contributed by atoms with Crippen molar-refractivity contribution >= 4 is 27.9 Å². The van der Waals surface area contributed by atoms with Crippen molar-refractivity contribution in [1.29, 1.82) is 0 Å². The predicted octanol–water partition coefficient (Wildman–Crippen LogP) is 4.34. The Balaban J connectivity index is 1.62. The fourth-order valence-electron chi connectivity index (χ4n) is 3.34. The molecule has 1 atom stereocenters. The average molecular weight is 441 g/mol. The van der Waals surface area contributed by atoms with Gasteiger partial charge in [0.2, 0.25) is 5.89 Å². The molecule has 0 spiro atoms. The molecule has 7 heteroatoms. The van der Waals surface area contributed by atoms with Crippen molar-refractivity contribution in [2.24, 2.45) is 0 Å². The van der Waals surface area contributed by atoms with Crippen LogP contribution < -0.4 is 10.2 Å². The van der Waals surface area contributed by atoms with Crippen LogP contribution in [0.5, 0.6) is 0 Å². The fraction of sp³-hybridized carbons (Fsp3) is 0.286. The van der Waals surface area contributed by atoms with Gasteiger partial charge in [0.25, 0.3) is 5.91 Å². The van der Waals surface area contributed by atoms with Gasteiger partial charge in [-0.1, -0.05) is 47.6 Å². The summed E-state index contributed by atoms with van der Waals surface area (Å²) in [6.45, 7) is 1.84. The van der Waals surface area contributed by atoms with E-state index in [1.807, 2.05) is 48.5 Å². The fourth-order valence-corrected chi connectivity index (χ4v) is 3.81. The molecule has 1 aromatic heterocycles. The first-order valence-electron chi connectivity index (χ1n) is 9.41. The van der Waals surface area contributed by atoms with Crippen LogP contribution >= 0.6 is 15.9 Å². The van der Waals surface area contributed by atoms with Gasteiger partial charge in [-0.05, 0) is 52.9 Å². The van der Waals surface area contributed by atoms with E-state index >= 15 is 0 Å². The summed E-state index contributed by atoms with van der Waals surface area (Å²) >= 11 is 3.44. The number of nitrogens with one attached hydrogen (secondary N) is 1. The zero-order chi connectivity index (χ0) is 19.3. The molecule has 0 bridgehead atoms. The quantitative estimate of drug-likeness (QED) is 0.638. The number of benzene rings is 2. The highest BCUT2D eigenvalue weighted by Crippen LogP contribution is 2.26. The lowest BCUT2D eigenvalue weighted by Crippen LogP contribution is -2.30. The maximum atomic E-state index is 12.9. The van der Waals surface area contributed by atoms with Crippen molar-refractivity contribution in [2.45, 2.75) is 25.3 Å². The Morgan fingerprint density at radius 1 is 1.00 bits per heavy atom. The molecule has 1 saturated heterocycles. The third-order valence-electron chi connectivity index (χ3n) is 4.83. The Morgan fingerprint density at radius 3 is 2.46 bits per heavy atom. The summed E-state index contributed by atoms with van der Waals surface area (Å²) < 4.78 is 6.72. The van der Waals surface area contributed by atoms with Gasteiger partial charge in [0.15, 0.2) is 0 Å². The first-order chi connectivity index (χ1) is 13.7. The van der Waals surface area contributed by atoms with Crippen LogP contribution in [0.15, 0.2) is 63.5 Å². The van der Waals surface area contributed by atoms with Crippen molar-refractivity contribution in [3.05, 3.63) is 76.1 Å². The first-order valence-corrected chi connectivity index (χ1v) is 10.2. The molecule has 1 N–H and O–H groups in total. The van der Waals surface area contributed by atoms with Gasteiger partial charge in [-0.3, -0.25) is 4.79 Å². The summed E-state index contributed by atoms with van der Waals surface area (Å²) in [5, 5.41) is 11.5. The second kappa shape index (κ2) is 8.56. The molecule has 1 amide bonds.